The molecule has 170 valence electrons. The average Bonchev–Trinajstić information content (AvgIpc) is 2.81. The zero-order chi connectivity index (χ0) is 23.6. The fourth-order valence-electron chi connectivity index (χ4n) is 4.29. The first-order chi connectivity index (χ1) is 15.7. The van der Waals surface area contributed by atoms with Crippen LogP contribution in [0.1, 0.15) is 35.6 Å². The first-order valence-corrected chi connectivity index (χ1v) is 16.0. The molecule has 33 heavy (non-hydrogen) atoms. The van der Waals surface area contributed by atoms with Gasteiger partial charge in [-0.25, -0.2) is 4.21 Å². The van der Waals surface area contributed by atoms with E-state index in [2.05, 4.69) is 75.1 Å². The van der Waals surface area contributed by atoms with Crippen LogP contribution in [0, 0.1) is 6.92 Å². The summed E-state index contributed by atoms with van der Waals surface area (Å²) in [5, 5.41) is 2.43. The zero-order valence-electron chi connectivity index (χ0n) is 20.0. The number of hydrogen-bond acceptors (Lipinski definition) is 2. The Morgan fingerprint density at radius 3 is 2.09 bits per heavy atom. The smallest absolute Gasteiger partial charge is 0.184 e. The molecule has 3 atom stereocenters. The molecule has 0 saturated heterocycles. The zero-order valence-corrected chi connectivity index (χ0v) is 21.9. The molecule has 0 heterocycles. The van der Waals surface area contributed by atoms with Gasteiger partial charge in [0, 0.05) is 15.7 Å². The highest BCUT2D eigenvalue weighted by molar-refractivity contribution is 7.85. The normalized spacial score (nSPS) is 14.7. The summed E-state index contributed by atoms with van der Waals surface area (Å²) in [6.07, 6.45) is -0.126. The van der Waals surface area contributed by atoms with E-state index in [4.69, 9.17) is 4.43 Å². The molecule has 0 amide bonds. The lowest BCUT2D eigenvalue weighted by molar-refractivity contribution is 0.171. The highest BCUT2D eigenvalue weighted by Gasteiger charge is 2.31. The Labute approximate surface area is 201 Å². The third-order valence-electron chi connectivity index (χ3n) is 5.91. The molecule has 0 aliphatic carbocycles. The van der Waals surface area contributed by atoms with Crippen LogP contribution in [0.5, 0.6) is 0 Å². The maximum Gasteiger partial charge on any atom is 0.184 e. The van der Waals surface area contributed by atoms with E-state index in [9.17, 15) is 4.21 Å². The molecule has 0 bridgehead atoms. The van der Waals surface area contributed by atoms with Gasteiger partial charge in [0.2, 0.25) is 0 Å². The molecule has 1 unspecified atom stereocenters. The minimum atomic E-state index is -1.88. The van der Waals surface area contributed by atoms with Gasteiger partial charge >= 0.3 is 0 Å². The van der Waals surface area contributed by atoms with Crippen LogP contribution >= 0.6 is 0 Å². The van der Waals surface area contributed by atoms with Gasteiger partial charge in [-0.1, -0.05) is 85.3 Å². The van der Waals surface area contributed by atoms with Crippen molar-refractivity contribution in [2.24, 2.45) is 0 Å². The highest BCUT2D eigenvalue weighted by Crippen LogP contribution is 2.41. The van der Waals surface area contributed by atoms with Crippen molar-refractivity contribution in [1.29, 1.82) is 0 Å². The van der Waals surface area contributed by atoms with E-state index in [1.54, 1.807) is 0 Å². The molecule has 0 fully saturated rings. The van der Waals surface area contributed by atoms with E-state index < -0.39 is 19.1 Å². The largest absolute Gasteiger partial charge is 0.410 e. The van der Waals surface area contributed by atoms with Gasteiger partial charge in [-0.15, -0.1) is 0 Å². The van der Waals surface area contributed by atoms with E-state index in [1.807, 2.05) is 49.4 Å². The predicted molar refractivity (Wildman–Crippen MR) is 142 cm³/mol. The van der Waals surface area contributed by atoms with Crippen molar-refractivity contribution in [1.82, 2.24) is 0 Å². The van der Waals surface area contributed by atoms with Gasteiger partial charge in [-0.3, -0.25) is 0 Å². The molecular formula is C29H32O2SSi. The maximum atomic E-state index is 13.6. The minimum absolute atomic E-state index is 0.0353. The minimum Gasteiger partial charge on any atom is -0.410 e. The second-order valence-electron chi connectivity index (χ2n) is 9.63. The van der Waals surface area contributed by atoms with E-state index in [1.165, 1.54) is 16.3 Å². The van der Waals surface area contributed by atoms with Gasteiger partial charge in [-0.05, 0) is 66.7 Å². The van der Waals surface area contributed by atoms with Crippen molar-refractivity contribution >= 4 is 29.9 Å². The van der Waals surface area contributed by atoms with Gasteiger partial charge in [0.1, 0.15) is 0 Å². The summed E-state index contributed by atoms with van der Waals surface area (Å²) >= 11 is 0. The standard InChI is InChI=1S/C29H32O2SSi/c1-21-17-19-24(20-18-21)32(30)28-16-9-8-13-25(28)22(2)29(31-33(3,4)5)27-15-10-12-23-11-6-7-14-26(23)27/h6-20,22,29H,1-5H3/t22-,29-,32?/m0/s1. The van der Waals surface area contributed by atoms with Crippen LogP contribution in [0.4, 0.5) is 0 Å². The van der Waals surface area contributed by atoms with Crippen LogP contribution in [0.3, 0.4) is 0 Å². The van der Waals surface area contributed by atoms with Crippen molar-refractivity contribution in [2.45, 2.75) is 55.3 Å². The molecule has 0 aliphatic rings. The summed E-state index contributed by atoms with van der Waals surface area (Å²) in [6, 6.07) is 31.0. The Hall–Kier alpha value is -2.53. The third kappa shape index (κ3) is 5.35. The fourth-order valence-corrected chi connectivity index (χ4v) is 6.69. The summed E-state index contributed by atoms with van der Waals surface area (Å²) in [7, 11) is -3.13. The summed E-state index contributed by atoms with van der Waals surface area (Å²) in [5.41, 5.74) is 3.43. The molecule has 4 heteroatoms. The third-order valence-corrected chi connectivity index (χ3v) is 8.34. The molecule has 0 N–H and O–H groups in total. The number of fused-ring (bicyclic) bond motifs is 1. The summed E-state index contributed by atoms with van der Waals surface area (Å²) < 4.78 is 20.5. The Bertz CT molecular complexity index is 1270. The topological polar surface area (TPSA) is 26.3 Å². The number of aryl methyl sites for hydroxylation is 1. The van der Waals surface area contributed by atoms with Gasteiger partial charge in [0.25, 0.3) is 0 Å². The van der Waals surface area contributed by atoms with E-state index >= 15 is 0 Å². The molecule has 2 nitrogen and oxygen atoms in total. The predicted octanol–water partition coefficient (Wildman–Crippen LogP) is 8.01. The Morgan fingerprint density at radius 1 is 0.758 bits per heavy atom. The second kappa shape index (κ2) is 9.76. The van der Waals surface area contributed by atoms with Gasteiger partial charge in [0.15, 0.2) is 8.32 Å². The van der Waals surface area contributed by atoms with Gasteiger partial charge < -0.3 is 4.43 Å². The lowest BCUT2D eigenvalue weighted by Crippen LogP contribution is -2.30. The van der Waals surface area contributed by atoms with Crippen LogP contribution < -0.4 is 0 Å². The fraction of sp³-hybridized carbons (Fsp3) is 0.241. The van der Waals surface area contributed by atoms with E-state index in [0.717, 1.165) is 20.9 Å². The number of hydrogen-bond donors (Lipinski definition) is 0. The van der Waals surface area contributed by atoms with E-state index in [0.29, 0.717) is 0 Å². The monoisotopic (exact) mass is 472 g/mol. The van der Waals surface area contributed by atoms with Gasteiger partial charge in [-0.2, -0.15) is 0 Å². The summed E-state index contributed by atoms with van der Waals surface area (Å²) in [4.78, 5) is 1.69. The molecular weight excluding hydrogens is 440 g/mol. The molecule has 0 saturated carbocycles. The van der Waals surface area contributed by atoms with E-state index in [-0.39, 0.29) is 12.0 Å². The Kier molecular flexibility index (Phi) is 6.98. The molecule has 0 spiro atoms. The molecule has 4 aromatic rings. The van der Waals surface area contributed by atoms with Crippen LogP contribution in [0.15, 0.2) is 101 Å². The highest BCUT2D eigenvalue weighted by atomic mass is 32.2. The SMILES string of the molecule is Cc1ccc(S(=O)c2ccccc2[C@H](C)[C@H](O[Si](C)(C)C)c2cccc3ccccc23)cc1. The Balaban J connectivity index is 1.82. The lowest BCUT2D eigenvalue weighted by Gasteiger charge is -2.33. The maximum absolute atomic E-state index is 13.6. The second-order valence-corrected chi connectivity index (χ2v) is 15.5. The summed E-state index contributed by atoms with van der Waals surface area (Å²) in [5.74, 6) is 0.0353. The Morgan fingerprint density at radius 2 is 1.36 bits per heavy atom. The molecule has 0 aromatic heterocycles. The first kappa shape index (κ1) is 23.6. The van der Waals surface area contributed by atoms with Gasteiger partial charge in [0.05, 0.1) is 16.9 Å². The molecule has 4 rings (SSSR count). The lowest BCUT2D eigenvalue weighted by atomic mass is 9.88. The van der Waals surface area contributed by atoms with Crippen molar-refractivity contribution in [3.63, 3.8) is 0 Å². The average molecular weight is 473 g/mol. The first-order valence-electron chi connectivity index (χ1n) is 11.5. The number of benzene rings is 4. The molecule has 0 aliphatic heterocycles. The summed E-state index contributed by atoms with van der Waals surface area (Å²) in [6.45, 7) is 10.9. The molecule has 4 aromatic carbocycles. The van der Waals surface area contributed by atoms with Crippen molar-refractivity contribution in [3.8, 4) is 0 Å². The van der Waals surface area contributed by atoms with Crippen LogP contribution in [0.25, 0.3) is 10.8 Å². The quantitative estimate of drug-likeness (QED) is 0.255. The van der Waals surface area contributed by atoms with Crippen LogP contribution in [-0.4, -0.2) is 12.5 Å². The van der Waals surface area contributed by atoms with Crippen molar-refractivity contribution in [3.05, 3.63) is 108 Å². The van der Waals surface area contributed by atoms with Crippen LogP contribution in [-0.2, 0) is 15.2 Å². The van der Waals surface area contributed by atoms with Crippen molar-refractivity contribution < 1.29 is 8.63 Å². The van der Waals surface area contributed by atoms with Crippen LogP contribution in [0.2, 0.25) is 19.6 Å². The number of rotatable bonds is 7. The molecule has 0 radical (unpaired) electrons. The van der Waals surface area contributed by atoms with Crippen molar-refractivity contribution in [2.75, 3.05) is 0 Å².